The Balaban J connectivity index is 1.74. The Morgan fingerprint density at radius 2 is 1.70 bits per heavy atom. The molecular formula is C18H24ClN3O5. The first-order chi connectivity index (χ1) is 12.9. The molecule has 0 saturated carbocycles. The Morgan fingerprint density at radius 3 is 2.30 bits per heavy atom. The quantitative estimate of drug-likeness (QED) is 0.786. The van der Waals surface area contributed by atoms with Crippen LogP contribution in [0.15, 0.2) is 24.3 Å². The van der Waals surface area contributed by atoms with Crippen molar-refractivity contribution in [1.29, 1.82) is 0 Å². The first kappa shape index (κ1) is 20.8. The summed E-state index contributed by atoms with van der Waals surface area (Å²) in [6.07, 6.45) is -0.370. The number of hydrogen-bond acceptors (Lipinski definition) is 5. The van der Waals surface area contributed by atoms with E-state index in [4.69, 9.17) is 21.1 Å². The Morgan fingerprint density at radius 1 is 1.11 bits per heavy atom. The second-order valence-corrected chi connectivity index (χ2v) is 6.48. The number of hydrogen-bond donors (Lipinski definition) is 1. The molecule has 1 fully saturated rings. The van der Waals surface area contributed by atoms with Crippen LogP contribution >= 0.6 is 11.6 Å². The number of nitrogens with one attached hydrogen (secondary N) is 1. The zero-order valence-corrected chi connectivity index (χ0v) is 16.2. The third-order valence-electron chi connectivity index (χ3n) is 4.05. The number of amides is 3. The second kappa shape index (κ2) is 10.0. The average molecular weight is 398 g/mol. The minimum Gasteiger partial charge on any atom is -0.484 e. The largest absolute Gasteiger partial charge is 0.484 e. The number of halogens is 1. The molecule has 1 aliphatic heterocycles. The van der Waals surface area contributed by atoms with Crippen molar-refractivity contribution >= 4 is 29.5 Å². The van der Waals surface area contributed by atoms with E-state index in [1.165, 1.54) is 0 Å². The van der Waals surface area contributed by atoms with Crippen LogP contribution in [0.1, 0.15) is 13.8 Å². The lowest BCUT2D eigenvalue weighted by Gasteiger charge is -2.35. The molecule has 1 aliphatic rings. The molecule has 0 unspecified atom stereocenters. The average Bonchev–Trinajstić information content (AvgIpc) is 2.67. The van der Waals surface area contributed by atoms with Crippen LogP contribution in [-0.2, 0) is 14.3 Å². The highest BCUT2D eigenvalue weighted by atomic mass is 35.5. The maximum Gasteiger partial charge on any atom is 0.409 e. The highest BCUT2D eigenvalue weighted by molar-refractivity contribution is 6.30. The molecule has 1 saturated heterocycles. The molecule has 1 N–H and O–H groups in total. The van der Waals surface area contributed by atoms with Crippen LogP contribution in [0.3, 0.4) is 0 Å². The minimum atomic E-state index is -0.680. The van der Waals surface area contributed by atoms with Gasteiger partial charge in [-0.15, -0.1) is 0 Å². The van der Waals surface area contributed by atoms with Crippen LogP contribution in [0.25, 0.3) is 0 Å². The van der Waals surface area contributed by atoms with Gasteiger partial charge in [0.15, 0.2) is 6.61 Å². The number of ether oxygens (including phenoxy) is 2. The fourth-order valence-corrected chi connectivity index (χ4v) is 2.75. The Kier molecular flexibility index (Phi) is 7.72. The van der Waals surface area contributed by atoms with Crippen molar-refractivity contribution in [2.45, 2.75) is 19.9 Å². The Hall–Kier alpha value is -2.48. The van der Waals surface area contributed by atoms with Gasteiger partial charge in [0, 0.05) is 31.2 Å². The summed E-state index contributed by atoms with van der Waals surface area (Å²) in [5.41, 5.74) is 0. The molecule has 148 valence electrons. The van der Waals surface area contributed by atoms with Gasteiger partial charge in [-0.25, -0.2) is 4.79 Å². The molecule has 0 spiro atoms. The molecule has 0 aromatic heterocycles. The first-order valence-corrected chi connectivity index (χ1v) is 9.16. The smallest absolute Gasteiger partial charge is 0.409 e. The van der Waals surface area contributed by atoms with Gasteiger partial charge in [-0.05, 0) is 38.1 Å². The summed E-state index contributed by atoms with van der Waals surface area (Å²) in [7, 11) is 0. The zero-order valence-electron chi connectivity index (χ0n) is 15.4. The topological polar surface area (TPSA) is 88.2 Å². The van der Waals surface area contributed by atoms with Gasteiger partial charge < -0.3 is 24.6 Å². The Labute approximate surface area is 163 Å². The molecule has 1 aromatic rings. The van der Waals surface area contributed by atoms with E-state index in [0.29, 0.717) is 43.6 Å². The van der Waals surface area contributed by atoms with Gasteiger partial charge in [0.25, 0.3) is 5.91 Å². The normalized spacial score (nSPS) is 15.1. The molecule has 1 aromatic carbocycles. The van der Waals surface area contributed by atoms with Crippen molar-refractivity contribution < 1.29 is 23.9 Å². The standard InChI is InChI=1S/C18H24ClN3O5/c1-3-26-18(25)22-10-8-21(9-11-22)17(24)13(2)20-16(23)12-27-15-6-4-14(19)5-7-15/h4-7,13H,3,8-12H2,1-2H3,(H,20,23)/t13-/m0/s1. The molecule has 1 atom stereocenters. The van der Waals surface area contributed by atoms with Crippen LogP contribution in [0, 0.1) is 0 Å². The molecule has 3 amide bonds. The van der Waals surface area contributed by atoms with Gasteiger partial charge in [-0.1, -0.05) is 11.6 Å². The van der Waals surface area contributed by atoms with E-state index in [-0.39, 0.29) is 18.6 Å². The molecule has 0 bridgehead atoms. The van der Waals surface area contributed by atoms with Gasteiger partial charge in [0.2, 0.25) is 5.91 Å². The van der Waals surface area contributed by atoms with Crippen molar-refractivity contribution in [2.75, 3.05) is 39.4 Å². The van der Waals surface area contributed by atoms with E-state index in [1.54, 1.807) is 47.9 Å². The van der Waals surface area contributed by atoms with Crippen molar-refractivity contribution in [1.82, 2.24) is 15.1 Å². The monoisotopic (exact) mass is 397 g/mol. The summed E-state index contributed by atoms with van der Waals surface area (Å²) in [4.78, 5) is 39.3. The number of piperazine rings is 1. The summed E-state index contributed by atoms with van der Waals surface area (Å²) < 4.78 is 10.3. The van der Waals surface area contributed by atoms with Gasteiger partial charge in [0.1, 0.15) is 11.8 Å². The molecule has 9 heteroatoms. The van der Waals surface area contributed by atoms with Crippen LogP contribution in [0.4, 0.5) is 4.79 Å². The molecular weight excluding hydrogens is 374 g/mol. The molecule has 2 rings (SSSR count). The highest BCUT2D eigenvalue weighted by Gasteiger charge is 2.28. The van der Waals surface area contributed by atoms with Crippen molar-refractivity contribution in [3.63, 3.8) is 0 Å². The fourth-order valence-electron chi connectivity index (χ4n) is 2.62. The highest BCUT2D eigenvalue weighted by Crippen LogP contribution is 2.15. The molecule has 0 aliphatic carbocycles. The van der Waals surface area contributed by atoms with E-state index in [2.05, 4.69) is 5.32 Å². The summed E-state index contributed by atoms with van der Waals surface area (Å²) >= 11 is 5.79. The number of carbonyl (C=O) groups is 3. The fraction of sp³-hybridized carbons (Fsp3) is 0.500. The molecule has 1 heterocycles. The van der Waals surface area contributed by atoms with Crippen LogP contribution in [0.2, 0.25) is 5.02 Å². The summed E-state index contributed by atoms with van der Waals surface area (Å²) in [6.45, 7) is 5.11. The lowest BCUT2D eigenvalue weighted by atomic mass is 10.2. The SMILES string of the molecule is CCOC(=O)N1CCN(C(=O)[C@H](C)NC(=O)COc2ccc(Cl)cc2)CC1. The van der Waals surface area contributed by atoms with Crippen molar-refractivity contribution in [2.24, 2.45) is 0 Å². The van der Waals surface area contributed by atoms with E-state index >= 15 is 0 Å². The summed E-state index contributed by atoms with van der Waals surface area (Å²) in [5.74, 6) is -0.0714. The predicted octanol–water partition coefficient (Wildman–Crippen LogP) is 1.52. The third kappa shape index (κ3) is 6.32. The molecule has 27 heavy (non-hydrogen) atoms. The van der Waals surface area contributed by atoms with Crippen LogP contribution in [-0.4, -0.2) is 73.1 Å². The van der Waals surface area contributed by atoms with E-state index in [0.717, 1.165) is 0 Å². The van der Waals surface area contributed by atoms with Crippen molar-refractivity contribution in [3.05, 3.63) is 29.3 Å². The van der Waals surface area contributed by atoms with E-state index < -0.39 is 11.9 Å². The lowest BCUT2D eigenvalue weighted by Crippen LogP contribution is -2.55. The summed E-state index contributed by atoms with van der Waals surface area (Å²) in [5, 5.41) is 3.20. The third-order valence-corrected chi connectivity index (χ3v) is 4.30. The molecule has 8 nitrogen and oxygen atoms in total. The number of rotatable bonds is 6. The molecule has 0 radical (unpaired) electrons. The first-order valence-electron chi connectivity index (χ1n) is 8.79. The lowest BCUT2D eigenvalue weighted by molar-refractivity contribution is -0.137. The second-order valence-electron chi connectivity index (χ2n) is 6.04. The maximum atomic E-state index is 12.5. The van der Waals surface area contributed by atoms with Crippen molar-refractivity contribution in [3.8, 4) is 5.75 Å². The number of nitrogens with zero attached hydrogens (tertiary/aromatic N) is 2. The van der Waals surface area contributed by atoms with E-state index in [1.807, 2.05) is 0 Å². The summed E-state index contributed by atoms with van der Waals surface area (Å²) in [6, 6.07) is 5.97. The minimum absolute atomic E-state index is 0.196. The number of benzene rings is 1. The van der Waals surface area contributed by atoms with Crippen LogP contribution in [0.5, 0.6) is 5.75 Å². The Bertz CT molecular complexity index is 659. The van der Waals surface area contributed by atoms with Gasteiger partial charge >= 0.3 is 6.09 Å². The van der Waals surface area contributed by atoms with E-state index in [9.17, 15) is 14.4 Å². The van der Waals surface area contributed by atoms with Crippen LogP contribution < -0.4 is 10.1 Å². The van der Waals surface area contributed by atoms with Gasteiger partial charge in [0.05, 0.1) is 6.61 Å². The predicted molar refractivity (Wildman–Crippen MR) is 99.7 cm³/mol. The van der Waals surface area contributed by atoms with Gasteiger partial charge in [-0.2, -0.15) is 0 Å². The maximum absolute atomic E-state index is 12.5. The number of carbonyl (C=O) groups excluding carboxylic acids is 3. The van der Waals surface area contributed by atoms with Gasteiger partial charge in [-0.3, -0.25) is 9.59 Å². The zero-order chi connectivity index (χ0) is 19.8.